The molecule has 1 heterocycles. The van der Waals surface area contributed by atoms with E-state index in [0.29, 0.717) is 0 Å². The first-order valence-corrected chi connectivity index (χ1v) is 8.31. The van der Waals surface area contributed by atoms with Gasteiger partial charge in [0, 0.05) is 30.9 Å². The molecule has 0 unspecified atom stereocenters. The summed E-state index contributed by atoms with van der Waals surface area (Å²) in [6.07, 6.45) is 7.23. The fourth-order valence-corrected chi connectivity index (χ4v) is 3.26. The van der Waals surface area contributed by atoms with E-state index in [1.807, 2.05) is 6.07 Å². The van der Waals surface area contributed by atoms with Crippen LogP contribution < -0.4 is 5.73 Å². The maximum atomic E-state index is 6.21. The second-order valence-electron chi connectivity index (χ2n) is 6.27. The van der Waals surface area contributed by atoms with Crippen LogP contribution in [-0.2, 0) is 4.74 Å². The Bertz CT molecular complexity index is 571. The van der Waals surface area contributed by atoms with E-state index in [0.717, 1.165) is 45.0 Å². The fraction of sp³-hybridized carbons (Fsp3) is 0.474. The molecule has 1 aromatic rings. The third kappa shape index (κ3) is 3.60. The Hall–Kier alpha value is -1.58. The quantitative estimate of drug-likeness (QED) is 0.864. The van der Waals surface area contributed by atoms with Gasteiger partial charge in [-0.15, -0.1) is 0 Å². The Morgan fingerprint density at radius 3 is 2.77 bits per heavy atom. The summed E-state index contributed by atoms with van der Waals surface area (Å²) in [5.41, 5.74) is 12.1. The molecule has 1 aliphatic carbocycles. The first-order chi connectivity index (χ1) is 10.7. The number of benzene rings is 1. The number of hydrogen-bond acceptors (Lipinski definition) is 3. The zero-order chi connectivity index (χ0) is 15.4. The predicted molar refractivity (Wildman–Crippen MR) is 93.6 cm³/mol. The molecule has 1 fully saturated rings. The molecule has 22 heavy (non-hydrogen) atoms. The Morgan fingerprint density at radius 2 is 2.05 bits per heavy atom. The van der Waals surface area contributed by atoms with Crippen molar-refractivity contribution >= 4 is 16.8 Å². The number of nitrogens with zero attached hydrogens (tertiary/aromatic N) is 1. The molecule has 3 heteroatoms. The minimum Gasteiger partial charge on any atom is -0.398 e. The summed E-state index contributed by atoms with van der Waals surface area (Å²) >= 11 is 0. The van der Waals surface area contributed by atoms with E-state index in [4.69, 9.17) is 10.5 Å². The first kappa shape index (κ1) is 15.3. The number of nitrogen functional groups attached to an aromatic ring is 1. The predicted octanol–water partition coefficient (Wildman–Crippen LogP) is 3.57. The third-order valence-electron chi connectivity index (χ3n) is 4.62. The van der Waals surface area contributed by atoms with Gasteiger partial charge in [-0.25, -0.2) is 0 Å². The fourth-order valence-electron chi connectivity index (χ4n) is 3.26. The Labute approximate surface area is 133 Å². The molecule has 0 saturated carbocycles. The highest BCUT2D eigenvalue weighted by Gasteiger charge is 2.14. The highest BCUT2D eigenvalue weighted by molar-refractivity contribution is 5.79. The Kier molecular flexibility index (Phi) is 4.96. The topological polar surface area (TPSA) is 38.5 Å². The average molecular weight is 298 g/mol. The maximum absolute atomic E-state index is 6.21. The van der Waals surface area contributed by atoms with Crippen LogP contribution in [0, 0.1) is 0 Å². The van der Waals surface area contributed by atoms with Crippen molar-refractivity contribution in [1.82, 2.24) is 4.90 Å². The summed E-state index contributed by atoms with van der Waals surface area (Å²) in [6, 6.07) is 6.37. The molecule has 0 atom stereocenters. The summed E-state index contributed by atoms with van der Waals surface area (Å²) in [5, 5.41) is 0. The third-order valence-corrected chi connectivity index (χ3v) is 4.62. The molecule has 118 valence electrons. The number of nitrogens with two attached hydrogens (primary N) is 1. The van der Waals surface area contributed by atoms with Gasteiger partial charge < -0.3 is 10.5 Å². The van der Waals surface area contributed by atoms with E-state index in [9.17, 15) is 0 Å². The van der Waals surface area contributed by atoms with Gasteiger partial charge in [0.05, 0.1) is 13.2 Å². The molecule has 0 bridgehead atoms. The van der Waals surface area contributed by atoms with Gasteiger partial charge in [0.15, 0.2) is 0 Å². The van der Waals surface area contributed by atoms with Crippen molar-refractivity contribution < 1.29 is 4.74 Å². The van der Waals surface area contributed by atoms with Crippen molar-refractivity contribution in [3.05, 3.63) is 42.0 Å². The Balaban J connectivity index is 1.76. The molecule has 2 aliphatic rings. The molecule has 0 aromatic heterocycles. The SMILES string of the molecule is C=C(CN1CCOCC1)c1ccc(N)c(C2=CCCCC2)c1. The van der Waals surface area contributed by atoms with Crippen LogP contribution in [0.5, 0.6) is 0 Å². The van der Waals surface area contributed by atoms with Crippen LogP contribution in [0.3, 0.4) is 0 Å². The van der Waals surface area contributed by atoms with E-state index >= 15 is 0 Å². The lowest BCUT2D eigenvalue weighted by Gasteiger charge is -2.27. The number of morpholine rings is 1. The second-order valence-corrected chi connectivity index (χ2v) is 6.27. The van der Waals surface area contributed by atoms with Crippen LogP contribution in [0.2, 0.25) is 0 Å². The minimum atomic E-state index is 0.827. The van der Waals surface area contributed by atoms with Crippen LogP contribution in [-0.4, -0.2) is 37.7 Å². The van der Waals surface area contributed by atoms with Gasteiger partial charge in [0.2, 0.25) is 0 Å². The molecule has 0 radical (unpaired) electrons. The highest BCUT2D eigenvalue weighted by atomic mass is 16.5. The van der Waals surface area contributed by atoms with Crippen molar-refractivity contribution in [2.45, 2.75) is 25.7 Å². The van der Waals surface area contributed by atoms with Crippen LogP contribution in [0.4, 0.5) is 5.69 Å². The van der Waals surface area contributed by atoms with E-state index in [-0.39, 0.29) is 0 Å². The standard InChI is InChI=1S/C19H26N2O/c1-15(14-21-9-11-22-12-10-21)17-7-8-19(20)18(13-17)16-5-3-2-4-6-16/h5,7-8,13H,1-4,6,9-12,14,20H2. The Morgan fingerprint density at radius 1 is 1.23 bits per heavy atom. The van der Waals surface area contributed by atoms with E-state index < -0.39 is 0 Å². The van der Waals surface area contributed by atoms with Crippen LogP contribution in [0.15, 0.2) is 30.9 Å². The summed E-state index contributed by atoms with van der Waals surface area (Å²) in [5.74, 6) is 0. The molecular weight excluding hydrogens is 272 g/mol. The molecule has 3 rings (SSSR count). The van der Waals surface area contributed by atoms with Crippen molar-refractivity contribution in [3.63, 3.8) is 0 Å². The van der Waals surface area contributed by atoms with Gasteiger partial charge in [-0.2, -0.15) is 0 Å². The van der Waals surface area contributed by atoms with Gasteiger partial charge in [0.25, 0.3) is 0 Å². The number of ether oxygens (including phenoxy) is 1. The molecule has 0 amide bonds. The highest BCUT2D eigenvalue weighted by Crippen LogP contribution is 2.32. The zero-order valence-electron chi connectivity index (χ0n) is 13.3. The molecule has 1 saturated heterocycles. The van der Waals surface area contributed by atoms with E-state index in [1.165, 1.54) is 41.5 Å². The van der Waals surface area contributed by atoms with Crippen LogP contribution in [0.1, 0.15) is 36.8 Å². The first-order valence-electron chi connectivity index (χ1n) is 8.31. The van der Waals surface area contributed by atoms with E-state index in [1.54, 1.807) is 0 Å². The summed E-state index contributed by atoms with van der Waals surface area (Å²) in [7, 11) is 0. The van der Waals surface area contributed by atoms with E-state index in [2.05, 4.69) is 29.7 Å². The number of allylic oxidation sites excluding steroid dienone is 2. The molecule has 2 N–H and O–H groups in total. The normalized spacial score (nSPS) is 19.7. The second kappa shape index (κ2) is 7.12. The lowest BCUT2D eigenvalue weighted by molar-refractivity contribution is 0.0444. The van der Waals surface area contributed by atoms with Gasteiger partial charge in [-0.1, -0.05) is 18.7 Å². The van der Waals surface area contributed by atoms with Crippen LogP contribution >= 0.6 is 0 Å². The lowest BCUT2D eigenvalue weighted by atomic mass is 9.90. The van der Waals surface area contributed by atoms with Crippen LogP contribution in [0.25, 0.3) is 11.1 Å². The smallest absolute Gasteiger partial charge is 0.0594 e. The molecule has 1 aromatic carbocycles. The molecular formula is C19H26N2O. The minimum absolute atomic E-state index is 0.827. The van der Waals surface area contributed by atoms with Crippen molar-refractivity contribution in [1.29, 1.82) is 0 Å². The molecule has 1 aliphatic heterocycles. The van der Waals surface area contributed by atoms with Gasteiger partial charge >= 0.3 is 0 Å². The van der Waals surface area contributed by atoms with Gasteiger partial charge in [-0.3, -0.25) is 4.90 Å². The molecule has 0 spiro atoms. The monoisotopic (exact) mass is 298 g/mol. The number of hydrogen-bond donors (Lipinski definition) is 1. The largest absolute Gasteiger partial charge is 0.398 e. The summed E-state index contributed by atoms with van der Waals surface area (Å²) in [4.78, 5) is 2.40. The van der Waals surface area contributed by atoms with Crippen molar-refractivity contribution in [2.24, 2.45) is 0 Å². The maximum Gasteiger partial charge on any atom is 0.0594 e. The summed E-state index contributed by atoms with van der Waals surface area (Å²) in [6.45, 7) is 8.84. The van der Waals surface area contributed by atoms with Gasteiger partial charge in [0.1, 0.15) is 0 Å². The van der Waals surface area contributed by atoms with Crippen molar-refractivity contribution in [3.8, 4) is 0 Å². The zero-order valence-corrected chi connectivity index (χ0v) is 13.3. The van der Waals surface area contributed by atoms with Gasteiger partial charge in [-0.05, 0) is 54.5 Å². The summed E-state index contributed by atoms with van der Waals surface area (Å²) < 4.78 is 5.41. The molecule has 3 nitrogen and oxygen atoms in total. The van der Waals surface area contributed by atoms with Crippen molar-refractivity contribution in [2.75, 3.05) is 38.6 Å². The number of anilines is 1. The average Bonchev–Trinajstić information content (AvgIpc) is 2.57. The number of rotatable bonds is 4. The lowest BCUT2D eigenvalue weighted by Crippen LogP contribution is -2.37.